The Bertz CT molecular complexity index is 410. The summed E-state index contributed by atoms with van der Waals surface area (Å²) in [5.74, 6) is -0.934. The Morgan fingerprint density at radius 3 is 2.87 bits per heavy atom. The van der Waals surface area contributed by atoms with Gasteiger partial charge >= 0.3 is 0 Å². The van der Waals surface area contributed by atoms with E-state index < -0.39 is 11.7 Å². The molecule has 1 aromatic rings. The summed E-state index contributed by atoms with van der Waals surface area (Å²) in [6.45, 7) is 0. The van der Waals surface area contributed by atoms with Crippen LogP contribution in [0.4, 0.5) is 4.39 Å². The molecule has 2 rings (SSSR count). The van der Waals surface area contributed by atoms with Gasteiger partial charge in [0.25, 0.3) is 5.91 Å². The fourth-order valence-electron chi connectivity index (χ4n) is 1.30. The maximum absolute atomic E-state index is 13.3. The van der Waals surface area contributed by atoms with Gasteiger partial charge in [0.2, 0.25) is 0 Å². The third-order valence-electron chi connectivity index (χ3n) is 2.33. The number of carbonyl (C=O) groups excluding carboxylic acids is 1. The highest BCUT2D eigenvalue weighted by molar-refractivity contribution is 9.10. The second-order valence-corrected chi connectivity index (χ2v) is 4.52. The van der Waals surface area contributed by atoms with E-state index in [0.717, 1.165) is 6.42 Å². The van der Waals surface area contributed by atoms with E-state index >= 15 is 0 Å². The summed E-state index contributed by atoms with van der Waals surface area (Å²) in [6, 6.07) is 4.28. The molecule has 0 aromatic heterocycles. The number of carbonyl (C=O) groups is 1. The molecule has 2 unspecified atom stereocenters. The van der Waals surface area contributed by atoms with E-state index in [4.69, 9.17) is 5.73 Å². The Kier molecular flexibility index (Phi) is 2.75. The van der Waals surface area contributed by atoms with Gasteiger partial charge in [0.05, 0.1) is 5.56 Å². The quantitative estimate of drug-likeness (QED) is 0.856. The summed E-state index contributed by atoms with van der Waals surface area (Å²) in [7, 11) is 0. The molecular formula is C10H10BrFN2O. The summed E-state index contributed by atoms with van der Waals surface area (Å²) >= 11 is 3.19. The molecule has 0 heterocycles. The van der Waals surface area contributed by atoms with Crippen LogP contribution in [0.2, 0.25) is 0 Å². The highest BCUT2D eigenvalue weighted by atomic mass is 79.9. The van der Waals surface area contributed by atoms with Crippen LogP contribution in [-0.4, -0.2) is 18.0 Å². The topological polar surface area (TPSA) is 55.1 Å². The second kappa shape index (κ2) is 3.90. The van der Waals surface area contributed by atoms with Crippen LogP contribution in [0.15, 0.2) is 22.7 Å². The smallest absolute Gasteiger partial charge is 0.254 e. The molecule has 3 N–H and O–H groups in total. The van der Waals surface area contributed by atoms with E-state index in [2.05, 4.69) is 21.2 Å². The first-order valence-corrected chi connectivity index (χ1v) is 5.38. The van der Waals surface area contributed by atoms with Gasteiger partial charge in [-0.15, -0.1) is 0 Å². The molecule has 1 amide bonds. The van der Waals surface area contributed by atoms with Crippen molar-refractivity contribution in [3.05, 3.63) is 34.1 Å². The summed E-state index contributed by atoms with van der Waals surface area (Å²) in [5, 5.41) is 2.66. The number of benzene rings is 1. The lowest BCUT2D eigenvalue weighted by Gasteiger charge is -2.05. The molecule has 0 aliphatic heterocycles. The second-order valence-electron chi connectivity index (χ2n) is 3.60. The molecule has 3 nitrogen and oxygen atoms in total. The summed E-state index contributed by atoms with van der Waals surface area (Å²) < 4.78 is 14.0. The van der Waals surface area contributed by atoms with Crippen LogP contribution in [-0.2, 0) is 0 Å². The molecule has 15 heavy (non-hydrogen) atoms. The van der Waals surface area contributed by atoms with E-state index in [1.807, 2.05) is 0 Å². The first-order valence-electron chi connectivity index (χ1n) is 4.59. The lowest BCUT2D eigenvalue weighted by atomic mass is 10.2. The van der Waals surface area contributed by atoms with Crippen LogP contribution in [0, 0.1) is 5.82 Å². The number of nitrogens with one attached hydrogen (secondary N) is 1. The average molecular weight is 273 g/mol. The molecule has 0 spiro atoms. The molecule has 2 atom stereocenters. The molecule has 1 aliphatic rings. The minimum Gasteiger partial charge on any atom is -0.348 e. The first-order chi connectivity index (χ1) is 7.08. The molecule has 1 aromatic carbocycles. The first kappa shape index (κ1) is 10.6. The van der Waals surface area contributed by atoms with Gasteiger partial charge in [0, 0.05) is 16.6 Å². The van der Waals surface area contributed by atoms with Gasteiger partial charge < -0.3 is 11.1 Å². The fraction of sp³-hybridized carbons (Fsp3) is 0.300. The third-order valence-corrected chi connectivity index (χ3v) is 2.82. The summed E-state index contributed by atoms with van der Waals surface area (Å²) in [4.78, 5) is 11.6. The largest absolute Gasteiger partial charge is 0.348 e. The Morgan fingerprint density at radius 2 is 2.27 bits per heavy atom. The Morgan fingerprint density at radius 1 is 1.60 bits per heavy atom. The van der Waals surface area contributed by atoms with Crippen LogP contribution < -0.4 is 11.1 Å². The molecule has 80 valence electrons. The number of halogens is 2. The highest BCUT2D eigenvalue weighted by Gasteiger charge is 2.35. The molecule has 0 saturated heterocycles. The number of hydrogen-bond acceptors (Lipinski definition) is 2. The fourth-order valence-corrected chi connectivity index (χ4v) is 1.66. The van der Waals surface area contributed by atoms with Crippen molar-refractivity contribution in [2.24, 2.45) is 5.73 Å². The van der Waals surface area contributed by atoms with Crippen molar-refractivity contribution in [1.29, 1.82) is 0 Å². The minimum absolute atomic E-state index is 0.00381. The summed E-state index contributed by atoms with van der Waals surface area (Å²) in [5.41, 5.74) is 5.59. The zero-order chi connectivity index (χ0) is 11.0. The number of nitrogens with two attached hydrogens (primary N) is 1. The zero-order valence-corrected chi connectivity index (χ0v) is 9.42. The summed E-state index contributed by atoms with van der Waals surface area (Å²) in [6.07, 6.45) is 0.765. The van der Waals surface area contributed by atoms with Crippen LogP contribution in [0.5, 0.6) is 0 Å². The monoisotopic (exact) mass is 272 g/mol. The molecule has 5 heteroatoms. The molecule has 1 saturated carbocycles. The predicted molar refractivity (Wildman–Crippen MR) is 57.9 cm³/mol. The lowest BCUT2D eigenvalue weighted by Crippen LogP contribution is -2.30. The molecule has 1 aliphatic carbocycles. The number of amides is 1. The molecule has 0 bridgehead atoms. The van der Waals surface area contributed by atoms with Gasteiger partial charge in [-0.1, -0.05) is 15.9 Å². The predicted octanol–water partition coefficient (Wildman–Crippen LogP) is 1.42. The van der Waals surface area contributed by atoms with E-state index in [9.17, 15) is 9.18 Å². The molecular weight excluding hydrogens is 263 g/mol. The standard InChI is InChI=1S/C10H10BrFN2O/c11-5-1-2-7(12)6(3-5)10(15)14-9-4-8(9)13/h1-3,8-9H,4,13H2,(H,14,15). The molecule has 1 fully saturated rings. The van der Waals surface area contributed by atoms with Crippen molar-refractivity contribution in [3.63, 3.8) is 0 Å². The van der Waals surface area contributed by atoms with Gasteiger partial charge in [-0.05, 0) is 24.6 Å². The van der Waals surface area contributed by atoms with Crippen molar-refractivity contribution in [3.8, 4) is 0 Å². The van der Waals surface area contributed by atoms with Gasteiger partial charge in [-0.25, -0.2) is 4.39 Å². The highest BCUT2D eigenvalue weighted by Crippen LogP contribution is 2.20. The van der Waals surface area contributed by atoms with Crippen molar-refractivity contribution < 1.29 is 9.18 Å². The number of rotatable bonds is 2. The van der Waals surface area contributed by atoms with Gasteiger partial charge in [0.15, 0.2) is 0 Å². The van der Waals surface area contributed by atoms with Crippen molar-refractivity contribution in [2.75, 3.05) is 0 Å². The van der Waals surface area contributed by atoms with Gasteiger partial charge in [0.1, 0.15) is 5.82 Å². The van der Waals surface area contributed by atoms with E-state index in [1.54, 1.807) is 6.07 Å². The van der Waals surface area contributed by atoms with Crippen LogP contribution >= 0.6 is 15.9 Å². The SMILES string of the molecule is NC1CC1NC(=O)c1cc(Br)ccc1F. The van der Waals surface area contributed by atoms with Gasteiger partial charge in [-0.3, -0.25) is 4.79 Å². The molecule has 0 radical (unpaired) electrons. The Labute approximate surface area is 95.0 Å². The van der Waals surface area contributed by atoms with E-state index in [1.165, 1.54) is 12.1 Å². The Hall–Kier alpha value is -0.940. The van der Waals surface area contributed by atoms with Crippen LogP contribution in [0.3, 0.4) is 0 Å². The Balaban J connectivity index is 2.14. The van der Waals surface area contributed by atoms with E-state index in [-0.39, 0.29) is 17.6 Å². The van der Waals surface area contributed by atoms with Crippen LogP contribution in [0.25, 0.3) is 0 Å². The van der Waals surface area contributed by atoms with Gasteiger partial charge in [-0.2, -0.15) is 0 Å². The van der Waals surface area contributed by atoms with Crippen molar-refractivity contribution in [1.82, 2.24) is 5.32 Å². The van der Waals surface area contributed by atoms with Crippen molar-refractivity contribution >= 4 is 21.8 Å². The lowest BCUT2D eigenvalue weighted by molar-refractivity contribution is 0.0946. The van der Waals surface area contributed by atoms with Crippen LogP contribution in [0.1, 0.15) is 16.8 Å². The maximum Gasteiger partial charge on any atom is 0.254 e. The van der Waals surface area contributed by atoms with E-state index in [0.29, 0.717) is 4.47 Å². The zero-order valence-electron chi connectivity index (χ0n) is 7.84. The average Bonchev–Trinajstić information content (AvgIpc) is 2.86. The maximum atomic E-state index is 13.3. The van der Waals surface area contributed by atoms with Crippen molar-refractivity contribution in [2.45, 2.75) is 18.5 Å². The minimum atomic E-state index is -0.523. The number of hydrogen-bond donors (Lipinski definition) is 2. The normalized spacial score (nSPS) is 23.7. The third kappa shape index (κ3) is 2.35.